The zero-order valence-corrected chi connectivity index (χ0v) is 24.2. The van der Waals surface area contributed by atoms with Crippen LogP contribution in [0.4, 0.5) is 5.69 Å². The second kappa shape index (κ2) is 13.2. The van der Waals surface area contributed by atoms with Gasteiger partial charge in [-0.25, -0.2) is 13.1 Å². The molecule has 0 aliphatic rings. The summed E-state index contributed by atoms with van der Waals surface area (Å²) in [7, 11) is -3.83. The van der Waals surface area contributed by atoms with Gasteiger partial charge in [0.05, 0.1) is 4.90 Å². The molecule has 0 aliphatic carbocycles. The Kier molecular flexibility index (Phi) is 9.51. The molecule has 10 heteroatoms. The van der Waals surface area contributed by atoms with E-state index in [1.807, 2.05) is 31.2 Å². The second-order valence-electron chi connectivity index (χ2n) is 9.45. The first-order valence-electron chi connectivity index (χ1n) is 13.1. The number of hydrogen-bond donors (Lipinski definition) is 2. The van der Waals surface area contributed by atoms with E-state index in [4.69, 9.17) is 9.47 Å². The third-order valence-electron chi connectivity index (χ3n) is 6.28. The summed E-state index contributed by atoms with van der Waals surface area (Å²) in [5.41, 5.74) is 3.12. The fraction of sp³-hybridized carbons (Fsp3) is 0.156. The number of fused-ring (bicyclic) bond motifs is 1. The molecular formula is C32H30N2O7S. The molecule has 0 fully saturated rings. The number of rotatable bonds is 10. The second-order valence-corrected chi connectivity index (χ2v) is 11.2. The summed E-state index contributed by atoms with van der Waals surface area (Å²) in [6, 6.07) is 22.3. The third-order valence-corrected chi connectivity index (χ3v) is 7.80. The highest BCUT2D eigenvalue weighted by Gasteiger charge is 2.18. The normalized spacial score (nSPS) is 11.4. The number of sulfonamides is 1. The molecule has 0 unspecified atom stereocenters. The van der Waals surface area contributed by atoms with Crippen molar-refractivity contribution in [3.05, 3.63) is 102 Å². The van der Waals surface area contributed by atoms with Gasteiger partial charge in [-0.3, -0.25) is 14.4 Å². The van der Waals surface area contributed by atoms with Crippen LogP contribution in [0.25, 0.3) is 16.8 Å². The molecule has 0 saturated heterocycles. The number of benzene rings is 4. The van der Waals surface area contributed by atoms with Gasteiger partial charge in [-0.2, -0.15) is 0 Å². The van der Waals surface area contributed by atoms with Crippen LogP contribution < -0.4 is 19.5 Å². The van der Waals surface area contributed by atoms with E-state index in [9.17, 15) is 22.8 Å². The highest BCUT2D eigenvalue weighted by atomic mass is 32.2. The minimum atomic E-state index is -3.83. The minimum absolute atomic E-state index is 0.0376. The molecule has 0 heterocycles. The van der Waals surface area contributed by atoms with Gasteiger partial charge < -0.3 is 14.8 Å². The van der Waals surface area contributed by atoms with Crippen molar-refractivity contribution in [3.8, 4) is 11.5 Å². The van der Waals surface area contributed by atoms with Gasteiger partial charge in [0.15, 0.2) is 11.5 Å². The quantitative estimate of drug-likeness (QED) is 0.149. The zero-order valence-electron chi connectivity index (χ0n) is 23.3. The molecule has 0 radical (unpaired) electrons. The topological polar surface area (TPSA) is 128 Å². The predicted octanol–water partition coefficient (Wildman–Crippen LogP) is 5.17. The molecule has 9 nitrogen and oxygen atoms in total. The van der Waals surface area contributed by atoms with E-state index in [0.717, 1.165) is 11.1 Å². The third kappa shape index (κ3) is 7.68. The molecule has 0 spiro atoms. The first-order chi connectivity index (χ1) is 20.0. The lowest BCUT2D eigenvalue weighted by atomic mass is 10.1. The molecule has 0 aliphatic heterocycles. The van der Waals surface area contributed by atoms with Gasteiger partial charge in [-0.1, -0.05) is 54.6 Å². The molecule has 0 atom stereocenters. The van der Waals surface area contributed by atoms with Crippen molar-refractivity contribution < 1.29 is 32.3 Å². The van der Waals surface area contributed by atoms with Crippen molar-refractivity contribution in [2.24, 2.45) is 0 Å². The number of amides is 1. The van der Waals surface area contributed by atoms with E-state index >= 15 is 0 Å². The van der Waals surface area contributed by atoms with E-state index in [2.05, 4.69) is 10.0 Å². The van der Waals surface area contributed by atoms with Crippen LogP contribution >= 0.6 is 0 Å². The van der Waals surface area contributed by atoms with Crippen molar-refractivity contribution in [1.82, 2.24) is 4.72 Å². The minimum Gasteiger partial charge on any atom is -0.423 e. The first-order valence-corrected chi connectivity index (χ1v) is 14.6. The van der Waals surface area contributed by atoms with Gasteiger partial charge in [-0.15, -0.1) is 0 Å². The maximum atomic E-state index is 13.2. The van der Waals surface area contributed by atoms with Crippen LogP contribution in [0.3, 0.4) is 0 Å². The van der Waals surface area contributed by atoms with Crippen molar-refractivity contribution in [2.75, 3.05) is 11.9 Å². The number of nitrogens with one attached hydrogen (secondary N) is 2. The number of carbonyl (C=O) groups is 3. The van der Waals surface area contributed by atoms with Gasteiger partial charge in [0, 0.05) is 42.9 Å². The van der Waals surface area contributed by atoms with Gasteiger partial charge in [-0.05, 0) is 60.4 Å². The van der Waals surface area contributed by atoms with E-state index in [1.54, 1.807) is 36.4 Å². The molecule has 0 saturated carbocycles. The summed E-state index contributed by atoms with van der Waals surface area (Å²) in [6.07, 6.45) is 3.34. The molecule has 0 aromatic heterocycles. The van der Waals surface area contributed by atoms with Crippen molar-refractivity contribution in [1.29, 1.82) is 0 Å². The number of ether oxygens (including phenoxy) is 2. The van der Waals surface area contributed by atoms with Crippen molar-refractivity contribution >= 4 is 50.4 Å². The Labute approximate surface area is 244 Å². The van der Waals surface area contributed by atoms with Gasteiger partial charge in [0.25, 0.3) is 0 Å². The van der Waals surface area contributed by atoms with Gasteiger partial charge in [0.1, 0.15) is 0 Å². The van der Waals surface area contributed by atoms with E-state index in [-0.39, 0.29) is 22.9 Å². The Bertz CT molecular complexity index is 1800. The lowest BCUT2D eigenvalue weighted by molar-refractivity contribution is -0.134. The fourth-order valence-electron chi connectivity index (χ4n) is 4.36. The first kappa shape index (κ1) is 30.2. The molecule has 42 heavy (non-hydrogen) atoms. The largest absolute Gasteiger partial charge is 0.423 e. The molecule has 4 aromatic rings. The number of hydrogen-bond acceptors (Lipinski definition) is 7. The monoisotopic (exact) mass is 586 g/mol. The van der Waals surface area contributed by atoms with Crippen LogP contribution in [0.2, 0.25) is 0 Å². The summed E-state index contributed by atoms with van der Waals surface area (Å²) >= 11 is 0. The summed E-state index contributed by atoms with van der Waals surface area (Å²) in [5.74, 6) is -1.53. The van der Waals surface area contributed by atoms with Crippen LogP contribution in [-0.2, 0) is 30.8 Å². The molecule has 2 N–H and O–H groups in total. The zero-order chi connectivity index (χ0) is 30.3. The SMILES string of the molecule is CC(=O)Oc1ccc(/C=C/C(=O)Nc2cccc3c(S(=O)(=O)NCCc4ccccc4C)cccc23)cc1OC(C)=O. The van der Waals surface area contributed by atoms with Crippen molar-refractivity contribution in [3.63, 3.8) is 0 Å². The highest BCUT2D eigenvalue weighted by molar-refractivity contribution is 7.89. The average Bonchev–Trinajstić information content (AvgIpc) is 2.93. The number of aryl methyl sites for hydroxylation is 1. The average molecular weight is 587 g/mol. The number of carbonyl (C=O) groups excluding carboxylic acids is 3. The Balaban J connectivity index is 1.51. The Morgan fingerprint density at radius 3 is 2.24 bits per heavy atom. The lowest BCUT2D eigenvalue weighted by Crippen LogP contribution is -2.26. The maximum Gasteiger partial charge on any atom is 0.308 e. The summed E-state index contributed by atoms with van der Waals surface area (Å²) in [5, 5.41) is 3.82. The Morgan fingerprint density at radius 1 is 0.810 bits per heavy atom. The summed E-state index contributed by atoms with van der Waals surface area (Å²) in [4.78, 5) is 35.7. The van der Waals surface area contributed by atoms with Gasteiger partial charge >= 0.3 is 11.9 Å². The lowest BCUT2D eigenvalue weighted by Gasteiger charge is -2.13. The molecule has 0 bridgehead atoms. The molecule has 4 aromatic carbocycles. The Hall–Kier alpha value is -4.80. The van der Waals surface area contributed by atoms with E-state index in [0.29, 0.717) is 28.4 Å². The number of esters is 2. The van der Waals surface area contributed by atoms with Crippen LogP contribution in [0.15, 0.2) is 89.8 Å². The van der Waals surface area contributed by atoms with Crippen LogP contribution in [0.5, 0.6) is 11.5 Å². The smallest absolute Gasteiger partial charge is 0.308 e. The van der Waals surface area contributed by atoms with Crippen molar-refractivity contribution in [2.45, 2.75) is 32.1 Å². The number of anilines is 1. The standard InChI is InChI=1S/C32H30N2O7S/c1-21-8-4-5-9-25(21)18-19-33-42(38,39)31-13-7-10-26-27(31)11-6-12-28(26)34-32(37)17-15-24-14-16-29(40-22(2)35)30(20-24)41-23(3)36/h4-17,20,33H,18-19H2,1-3H3,(H,34,37)/b17-15+. The molecule has 4 rings (SSSR count). The van der Waals surface area contributed by atoms with E-state index in [1.165, 1.54) is 44.2 Å². The molecule has 1 amide bonds. The Morgan fingerprint density at radius 2 is 1.50 bits per heavy atom. The maximum absolute atomic E-state index is 13.2. The predicted molar refractivity (Wildman–Crippen MR) is 161 cm³/mol. The summed E-state index contributed by atoms with van der Waals surface area (Å²) in [6.45, 7) is 4.67. The highest BCUT2D eigenvalue weighted by Crippen LogP contribution is 2.30. The van der Waals surface area contributed by atoms with Crippen LogP contribution in [0.1, 0.15) is 30.5 Å². The van der Waals surface area contributed by atoms with Crippen LogP contribution in [-0.4, -0.2) is 32.8 Å². The fourth-order valence-corrected chi connectivity index (χ4v) is 5.61. The summed E-state index contributed by atoms with van der Waals surface area (Å²) < 4.78 is 39.3. The van der Waals surface area contributed by atoms with Crippen LogP contribution in [0, 0.1) is 6.92 Å². The van der Waals surface area contributed by atoms with Gasteiger partial charge in [0.2, 0.25) is 15.9 Å². The molecular weight excluding hydrogens is 556 g/mol. The van der Waals surface area contributed by atoms with E-state index < -0.39 is 27.9 Å². The molecule has 216 valence electrons.